The molecule has 3 heterocycles. The van der Waals surface area contributed by atoms with Gasteiger partial charge in [-0.3, -0.25) is 0 Å². The highest BCUT2D eigenvalue weighted by atomic mass is 32.2. The van der Waals surface area contributed by atoms with Crippen LogP contribution in [-0.4, -0.2) is 53.1 Å². The Morgan fingerprint density at radius 2 is 2.07 bits per heavy atom. The summed E-state index contributed by atoms with van der Waals surface area (Å²) < 4.78 is 39.0. The highest BCUT2D eigenvalue weighted by Crippen LogP contribution is 2.32. The standard InChI is InChI=1S/C20H23N5O4S/c1-13-9-16(6-7-18(13)28-3)30(26,27)25-8-4-5-15(11-25)19-23-24-20(29-19)17-10-21-12-22-14(17)2/h6-7,9-10,12,15H,4-5,8,11H2,1-3H3/t15-/m1/s1. The number of sulfonamides is 1. The third-order valence-corrected chi connectivity index (χ3v) is 7.18. The van der Waals surface area contributed by atoms with E-state index in [1.165, 1.54) is 10.6 Å². The molecule has 0 amide bonds. The summed E-state index contributed by atoms with van der Waals surface area (Å²) in [6.07, 6.45) is 4.58. The fraction of sp³-hybridized carbons (Fsp3) is 0.400. The number of hydrogen-bond acceptors (Lipinski definition) is 8. The van der Waals surface area contributed by atoms with Crippen molar-refractivity contribution in [2.75, 3.05) is 20.2 Å². The molecule has 4 rings (SSSR count). The number of hydrogen-bond donors (Lipinski definition) is 0. The summed E-state index contributed by atoms with van der Waals surface area (Å²) in [7, 11) is -2.07. The van der Waals surface area contributed by atoms with Crippen LogP contribution in [0.15, 0.2) is 40.0 Å². The molecule has 0 spiro atoms. The van der Waals surface area contributed by atoms with Crippen LogP contribution in [0, 0.1) is 13.8 Å². The molecule has 158 valence electrons. The van der Waals surface area contributed by atoms with Gasteiger partial charge in [0.05, 0.1) is 29.2 Å². The summed E-state index contributed by atoms with van der Waals surface area (Å²) in [5, 5.41) is 8.29. The first-order chi connectivity index (χ1) is 14.4. The molecule has 0 bridgehead atoms. The number of methoxy groups -OCH3 is 1. The number of aryl methyl sites for hydroxylation is 2. The second-order valence-electron chi connectivity index (χ2n) is 7.30. The van der Waals surface area contributed by atoms with Crippen LogP contribution in [-0.2, 0) is 10.0 Å². The van der Waals surface area contributed by atoms with Gasteiger partial charge in [0, 0.05) is 19.3 Å². The molecule has 30 heavy (non-hydrogen) atoms. The molecule has 0 N–H and O–H groups in total. The van der Waals surface area contributed by atoms with Crippen LogP contribution in [0.4, 0.5) is 0 Å². The second-order valence-corrected chi connectivity index (χ2v) is 9.24. The van der Waals surface area contributed by atoms with Crippen molar-refractivity contribution in [3.05, 3.63) is 47.9 Å². The molecule has 2 aromatic heterocycles. The molecule has 9 nitrogen and oxygen atoms in total. The molecule has 0 radical (unpaired) electrons. The molecule has 1 fully saturated rings. The molecule has 10 heteroatoms. The van der Waals surface area contributed by atoms with Crippen molar-refractivity contribution < 1.29 is 17.6 Å². The number of rotatable bonds is 5. The molecule has 0 aliphatic carbocycles. The molecule has 1 aromatic carbocycles. The van der Waals surface area contributed by atoms with Crippen LogP contribution in [0.2, 0.25) is 0 Å². The van der Waals surface area contributed by atoms with Crippen LogP contribution in [0.3, 0.4) is 0 Å². The van der Waals surface area contributed by atoms with Crippen LogP contribution >= 0.6 is 0 Å². The Labute approximate surface area is 175 Å². The van der Waals surface area contributed by atoms with Crippen LogP contribution in [0.1, 0.15) is 35.9 Å². The number of benzene rings is 1. The predicted molar refractivity (Wildman–Crippen MR) is 109 cm³/mol. The molecule has 3 aromatic rings. The molecular weight excluding hydrogens is 406 g/mol. The molecular formula is C20H23N5O4S. The lowest BCUT2D eigenvalue weighted by Crippen LogP contribution is -2.39. The zero-order chi connectivity index (χ0) is 21.3. The Morgan fingerprint density at radius 1 is 1.23 bits per heavy atom. The fourth-order valence-electron chi connectivity index (χ4n) is 3.63. The van der Waals surface area contributed by atoms with E-state index in [0.29, 0.717) is 42.6 Å². The Kier molecular flexibility index (Phi) is 5.52. The SMILES string of the molecule is COc1ccc(S(=O)(=O)N2CCC[C@@H](c3nnc(-c4cncnc4C)o3)C2)cc1C. The molecule has 1 atom stereocenters. The van der Waals surface area contributed by atoms with Gasteiger partial charge in [-0.25, -0.2) is 18.4 Å². The van der Waals surface area contributed by atoms with Gasteiger partial charge < -0.3 is 9.15 Å². The summed E-state index contributed by atoms with van der Waals surface area (Å²) >= 11 is 0. The average molecular weight is 430 g/mol. The number of nitrogens with zero attached hydrogens (tertiary/aromatic N) is 5. The maximum absolute atomic E-state index is 13.2. The van der Waals surface area contributed by atoms with Gasteiger partial charge in [-0.05, 0) is 50.5 Å². The van der Waals surface area contributed by atoms with Crippen molar-refractivity contribution in [2.45, 2.75) is 37.5 Å². The summed E-state index contributed by atoms with van der Waals surface area (Å²) in [6.45, 7) is 4.41. The van der Waals surface area contributed by atoms with Crippen molar-refractivity contribution in [1.29, 1.82) is 0 Å². The van der Waals surface area contributed by atoms with Gasteiger partial charge in [-0.15, -0.1) is 10.2 Å². The van der Waals surface area contributed by atoms with E-state index in [2.05, 4.69) is 20.2 Å². The summed E-state index contributed by atoms with van der Waals surface area (Å²) in [5.74, 6) is 1.26. The van der Waals surface area contributed by atoms with Gasteiger partial charge >= 0.3 is 0 Å². The van der Waals surface area contributed by atoms with Gasteiger partial charge in [0.2, 0.25) is 15.9 Å². The van der Waals surface area contributed by atoms with E-state index in [4.69, 9.17) is 9.15 Å². The van der Waals surface area contributed by atoms with Crippen molar-refractivity contribution in [3.63, 3.8) is 0 Å². The van der Waals surface area contributed by atoms with Crippen molar-refractivity contribution in [1.82, 2.24) is 24.5 Å². The first-order valence-corrected chi connectivity index (χ1v) is 11.1. The molecule has 1 saturated heterocycles. The predicted octanol–water partition coefficient (Wildman–Crippen LogP) is 2.72. The first kappa shape index (κ1) is 20.4. The fourth-order valence-corrected chi connectivity index (χ4v) is 5.24. The molecule has 0 saturated carbocycles. The van der Waals surface area contributed by atoms with Gasteiger partial charge in [0.1, 0.15) is 12.1 Å². The topological polar surface area (TPSA) is 111 Å². The first-order valence-electron chi connectivity index (χ1n) is 9.65. The van der Waals surface area contributed by atoms with E-state index in [1.54, 1.807) is 31.5 Å². The Bertz CT molecular complexity index is 1160. The lowest BCUT2D eigenvalue weighted by Gasteiger charge is -2.30. The van der Waals surface area contributed by atoms with E-state index in [1.807, 2.05) is 13.8 Å². The zero-order valence-corrected chi connectivity index (χ0v) is 17.9. The smallest absolute Gasteiger partial charge is 0.251 e. The average Bonchev–Trinajstić information content (AvgIpc) is 3.24. The quantitative estimate of drug-likeness (QED) is 0.609. The van der Waals surface area contributed by atoms with E-state index in [0.717, 1.165) is 17.7 Å². The zero-order valence-electron chi connectivity index (χ0n) is 17.1. The number of piperidine rings is 1. The van der Waals surface area contributed by atoms with Crippen molar-refractivity contribution in [3.8, 4) is 17.2 Å². The minimum atomic E-state index is -3.63. The Morgan fingerprint density at radius 3 is 2.80 bits per heavy atom. The van der Waals surface area contributed by atoms with Gasteiger partial charge in [-0.2, -0.15) is 4.31 Å². The monoisotopic (exact) mass is 429 g/mol. The maximum Gasteiger partial charge on any atom is 0.251 e. The van der Waals surface area contributed by atoms with Gasteiger partial charge in [-0.1, -0.05) is 0 Å². The number of aromatic nitrogens is 4. The number of ether oxygens (including phenoxy) is 1. The summed E-state index contributed by atoms with van der Waals surface area (Å²) in [4.78, 5) is 8.40. The second kappa shape index (κ2) is 8.11. The minimum absolute atomic E-state index is 0.168. The third kappa shape index (κ3) is 3.80. The maximum atomic E-state index is 13.2. The molecule has 1 aliphatic heterocycles. The minimum Gasteiger partial charge on any atom is -0.496 e. The van der Waals surface area contributed by atoms with Crippen molar-refractivity contribution >= 4 is 10.0 Å². The lowest BCUT2D eigenvalue weighted by molar-refractivity contribution is 0.286. The van der Waals surface area contributed by atoms with Crippen LogP contribution in [0.5, 0.6) is 5.75 Å². The third-order valence-electron chi connectivity index (χ3n) is 5.32. The summed E-state index contributed by atoms with van der Waals surface area (Å²) in [6, 6.07) is 4.90. The van der Waals surface area contributed by atoms with Gasteiger partial charge in [0.25, 0.3) is 5.89 Å². The van der Waals surface area contributed by atoms with Crippen LogP contribution in [0.25, 0.3) is 11.5 Å². The lowest BCUT2D eigenvalue weighted by atomic mass is 10.00. The summed E-state index contributed by atoms with van der Waals surface area (Å²) in [5.41, 5.74) is 2.18. The normalized spacial score (nSPS) is 17.8. The van der Waals surface area contributed by atoms with Crippen molar-refractivity contribution in [2.24, 2.45) is 0 Å². The molecule has 0 unspecified atom stereocenters. The highest BCUT2D eigenvalue weighted by molar-refractivity contribution is 7.89. The van der Waals surface area contributed by atoms with Crippen LogP contribution < -0.4 is 4.74 Å². The Balaban J connectivity index is 1.56. The van der Waals surface area contributed by atoms with E-state index < -0.39 is 10.0 Å². The van der Waals surface area contributed by atoms with E-state index >= 15 is 0 Å². The largest absolute Gasteiger partial charge is 0.496 e. The highest BCUT2D eigenvalue weighted by Gasteiger charge is 2.33. The van der Waals surface area contributed by atoms with E-state index in [9.17, 15) is 8.42 Å². The molecule has 1 aliphatic rings. The Hall–Kier alpha value is -2.85. The van der Waals surface area contributed by atoms with Gasteiger partial charge in [0.15, 0.2) is 0 Å². The van der Waals surface area contributed by atoms with E-state index in [-0.39, 0.29) is 10.8 Å².